The standard InChI is InChI=1S/C20H24O6/c21-12-16-20(24,11-14-7-3-1-4-8-14)18(22)17(19(23)26-16)25-13-15-9-5-2-6-10-15/h1-10,16-19,21-24H,11-13H2/t16-,17-,18-,19-,20+/m1/s1. The molecule has 0 saturated carbocycles. The number of benzene rings is 2. The molecule has 0 aromatic heterocycles. The van der Waals surface area contributed by atoms with Crippen molar-refractivity contribution >= 4 is 0 Å². The van der Waals surface area contributed by atoms with Crippen molar-refractivity contribution < 1.29 is 29.9 Å². The molecule has 1 aliphatic rings. The molecule has 1 aliphatic heterocycles. The van der Waals surface area contributed by atoms with Crippen LogP contribution in [0.2, 0.25) is 0 Å². The van der Waals surface area contributed by atoms with Crippen LogP contribution in [0.1, 0.15) is 11.1 Å². The zero-order chi connectivity index (χ0) is 18.6. The van der Waals surface area contributed by atoms with E-state index < -0.39 is 36.8 Å². The van der Waals surface area contributed by atoms with Crippen molar-refractivity contribution in [1.29, 1.82) is 0 Å². The van der Waals surface area contributed by atoms with Crippen LogP contribution in [0.25, 0.3) is 0 Å². The second-order valence-electron chi connectivity index (χ2n) is 6.56. The van der Waals surface area contributed by atoms with Crippen molar-refractivity contribution in [1.82, 2.24) is 0 Å². The summed E-state index contributed by atoms with van der Waals surface area (Å²) in [5.74, 6) is 0. The minimum atomic E-state index is -1.79. The van der Waals surface area contributed by atoms with E-state index in [0.717, 1.165) is 11.1 Å². The average molecular weight is 360 g/mol. The first-order valence-corrected chi connectivity index (χ1v) is 8.59. The Morgan fingerprint density at radius 2 is 1.50 bits per heavy atom. The Hall–Kier alpha value is -1.80. The Balaban J connectivity index is 1.78. The van der Waals surface area contributed by atoms with Gasteiger partial charge in [0, 0.05) is 6.42 Å². The summed E-state index contributed by atoms with van der Waals surface area (Å²) >= 11 is 0. The first-order valence-electron chi connectivity index (χ1n) is 8.59. The Kier molecular flexibility index (Phi) is 6.03. The van der Waals surface area contributed by atoms with Crippen LogP contribution >= 0.6 is 0 Å². The van der Waals surface area contributed by atoms with Gasteiger partial charge < -0.3 is 29.9 Å². The summed E-state index contributed by atoms with van der Waals surface area (Å²) in [5.41, 5.74) is -0.159. The number of ether oxygens (including phenoxy) is 2. The summed E-state index contributed by atoms with van der Waals surface area (Å²) in [6.45, 7) is -0.392. The topological polar surface area (TPSA) is 99.4 Å². The number of hydrogen-bond donors (Lipinski definition) is 4. The van der Waals surface area contributed by atoms with Gasteiger partial charge in [-0.2, -0.15) is 0 Å². The number of hydrogen-bond acceptors (Lipinski definition) is 6. The van der Waals surface area contributed by atoms with Crippen molar-refractivity contribution in [3.63, 3.8) is 0 Å². The Bertz CT molecular complexity index is 679. The Labute approximate surface area is 152 Å². The highest BCUT2D eigenvalue weighted by atomic mass is 16.7. The normalized spacial score (nSPS) is 31.7. The summed E-state index contributed by atoms with van der Waals surface area (Å²) in [4.78, 5) is 0. The van der Waals surface area contributed by atoms with Gasteiger partial charge in [0.25, 0.3) is 0 Å². The molecule has 6 nitrogen and oxygen atoms in total. The Morgan fingerprint density at radius 3 is 2.08 bits per heavy atom. The van der Waals surface area contributed by atoms with Gasteiger partial charge in [-0.25, -0.2) is 0 Å². The maximum Gasteiger partial charge on any atom is 0.184 e. The first-order chi connectivity index (χ1) is 12.5. The number of aliphatic hydroxyl groups excluding tert-OH is 3. The molecule has 2 aromatic carbocycles. The molecule has 0 bridgehead atoms. The maximum absolute atomic E-state index is 11.1. The van der Waals surface area contributed by atoms with Crippen LogP contribution < -0.4 is 0 Å². The molecule has 4 N–H and O–H groups in total. The summed E-state index contributed by atoms with van der Waals surface area (Å²) in [7, 11) is 0. The van der Waals surface area contributed by atoms with Gasteiger partial charge in [-0.05, 0) is 11.1 Å². The predicted molar refractivity (Wildman–Crippen MR) is 94.1 cm³/mol. The van der Waals surface area contributed by atoms with E-state index in [9.17, 15) is 20.4 Å². The molecule has 0 aliphatic carbocycles. The van der Waals surface area contributed by atoms with E-state index in [1.165, 1.54) is 0 Å². The zero-order valence-corrected chi connectivity index (χ0v) is 14.3. The van der Waals surface area contributed by atoms with Crippen LogP contribution in [0.5, 0.6) is 0 Å². The quantitative estimate of drug-likeness (QED) is 0.603. The van der Waals surface area contributed by atoms with Gasteiger partial charge >= 0.3 is 0 Å². The summed E-state index contributed by atoms with van der Waals surface area (Å²) in [5, 5.41) is 41.7. The third kappa shape index (κ3) is 3.96. The molecule has 5 atom stereocenters. The molecule has 140 valence electrons. The van der Waals surface area contributed by atoms with Crippen molar-refractivity contribution in [3.8, 4) is 0 Å². The van der Waals surface area contributed by atoms with Gasteiger partial charge in [-0.3, -0.25) is 0 Å². The van der Waals surface area contributed by atoms with Gasteiger partial charge in [0.05, 0.1) is 13.2 Å². The van der Waals surface area contributed by atoms with Gasteiger partial charge in [-0.15, -0.1) is 0 Å². The van der Waals surface area contributed by atoms with Crippen molar-refractivity contribution in [2.75, 3.05) is 6.61 Å². The first kappa shape index (κ1) is 19.0. The third-order valence-electron chi connectivity index (χ3n) is 4.75. The fourth-order valence-corrected chi connectivity index (χ4v) is 3.28. The molecule has 1 fully saturated rings. The lowest BCUT2D eigenvalue weighted by Gasteiger charge is -2.48. The van der Waals surface area contributed by atoms with Crippen LogP contribution in [0, 0.1) is 0 Å². The van der Waals surface area contributed by atoms with Gasteiger partial charge in [0.15, 0.2) is 6.29 Å². The zero-order valence-electron chi connectivity index (χ0n) is 14.3. The third-order valence-corrected chi connectivity index (χ3v) is 4.75. The summed E-state index contributed by atoms with van der Waals surface area (Å²) in [6.07, 6.45) is -5.12. The van der Waals surface area contributed by atoms with Gasteiger partial charge in [0.1, 0.15) is 23.9 Å². The molecule has 26 heavy (non-hydrogen) atoms. The maximum atomic E-state index is 11.1. The second kappa shape index (κ2) is 8.26. The van der Waals surface area contributed by atoms with Crippen LogP contribution in [0.4, 0.5) is 0 Å². The van der Waals surface area contributed by atoms with E-state index in [-0.39, 0.29) is 13.0 Å². The van der Waals surface area contributed by atoms with E-state index in [1.54, 1.807) is 0 Å². The monoisotopic (exact) mass is 360 g/mol. The predicted octanol–water partition coefficient (Wildman–Crippen LogP) is 0.616. The molecule has 2 aromatic rings. The fourth-order valence-electron chi connectivity index (χ4n) is 3.28. The van der Waals surface area contributed by atoms with E-state index in [4.69, 9.17) is 9.47 Å². The lowest BCUT2D eigenvalue weighted by molar-refractivity contribution is -0.330. The molecule has 1 heterocycles. The molecule has 0 radical (unpaired) electrons. The minimum absolute atomic E-state index is 0.0537. The van der Waals surface area contributed by atoms with Crippen molar-refractivity contribution in [3.05, 3.63) is 71.8 Å². The van der Waals surface area contributed by atoms with Crippen LogP contribution in [-0.4, -0.2) is 57.2 Å². The van der Waals surface area contributed by atoms with Crippen LogP contribution in [-0.2, 0) is 22.5 Å². The van der Waals surface area contributed by atoms with Crippen molar-refractivity contribution in [2.45, 2.75) is 43.2 Å². The van der Waals surface area contributed by atoms with Crippen LogP contribution in [0.15, 0.2) is 60.7 Å². The molecule has 0 unspecified atom stereocenters. The van der Waals surface area contributed by atoms with E-state index >= 15 is 0 Å². The summed E-state index contributed by atoms with van der Waals surface area (Å²) in [6, 6.07) is 18.4. The smallest absolute Gasteiger partial charge is 0.184 e. The lowest BCUT2D eigenvalue weighted by Crippen LogP contribution is -2.68. The Morgan fingerprint density at radius 1 is 0.923 bits per heavy atom. The fraction of sp³-hybridized carbons (Fsp3) is 0.400. The minimum Gasteiger partial charge on any atom is -0.394 e. The van der Waals surface area contributed by atoms with E-state index in [1.807, 2.05) is 60.7 Å². The summed E-state index contributed by atoms with van der Waals surface area (Å²) < 4.78 is 11.0. The van der Waals surface area contributed by atoms with E-state index in [2.05, 4.69) is 0 Å². The molecule has 1 saturated heterocycles. The lowest BCUT2D eigenvalue weighted by atomic mass is 9.79. The highest BCUT2D eigenvalue weighted by Gasteiger charge is 2.55. The number of aliphatic hydroxyl groups is 4. The molecule has 0 spiro atoms. The molecule has 3 rings (SSSR count). The second-order valence-corrected chi connectivity index (χ2v) is 6.56. The van der Waals surface area contributed by atoms with Gasteiger partial charge in [0.2, 0.25) is 0 Å². The molecular formula is C20H24O6. The van der Waals surface area contributed by atoms with E-state index in [0.29, 0.717) is 0 Å². The van der Waals surface area contributed by atoms with Crippen molar-refractivity contribution in [2.24, 2.45) is 0 Å². The SMILES string of the molecule is OC[C@H]1O[C@@H](O)[C@H](OCc2ccccc2)[C@@H](O)[C@]1(O)Cc1ccccc1. The molecule has 6 heteroatoms. The highest BCUT2D eigenvalue weighted by molar-refractivity contribution is 5.20. The average Bonchev–Trinajstić information content (AvgIpc) is 2.66. The highest BCUT2D eigenvalue weighted by Crippen LogP contribution is 2.34. The molecule has 0 amide bonds. The largest absolute Gasteiger partial charge is 0.394 e. The molecular weight excluding hydrogens is 336 g/mol. The number of rotatable bonds is 6. The van der Waals surface area contributed by atoms with Crippen LogP contribution in [0.3, 0.4) is 0 Å². The van der Waals surface area contributed by atoms with Gasteiger partial charge in [-0.1, -0.05) is 60.7 Å².